The van der Waals surface area contributed by atoms with Crippen LogP contribution in [-0.4, -0.2) is 4.98 Å². The second kappa shape index (κ2) is 6.41. The van der Waals surface area contributed by atoms with Crippen LogP contribution in [0.2, 0.25) is 0 Å². The Morgan fingerprint density at radius 1 is 1.33 bits per heavy atom. The highest BCUT2D eigenvalue weighted by atomic mass is 15.1. The molecular weight excluding hydrogens is 224 g/mol. The van der Waals surface area contributed by atoms with Crippen LogP contribution in [0.15, 0.2) is 23.3 Å². The molecule has 0 N–H and O–H groups in total. The first-order chi connectivity index (χ1) is 8.83. The van der Waals surface area contributed by atoms with Gasteiger partial charge in [-0.1, -0.05) is 24.5 Å². The molecule has 0 spiro atoms. The highest BCUT2D eigenvalue weighted by molar-refractivity contribution is 5.15. The molecule has 0 saturated heterocycles. The summed E-state index contributed by atoms with van der Waals surface area (Å²) in [5.74, 6) is 1.51. The average Bonchev–Trinajstić information content (AvgIpc) is 2.45. The van der Waals surface area contributed by atoms with Crippen LogP contribution in [0.5, 0.6) is 0 Å². The predicted octanol–water partition coefficient (Wildman–Crippen LogP) is 4.58. The normalized spacial score (nSPS) is 23.4. The van der Waals surface area contributed by atoms with Gasteiger partial charge in [0.1, 0.15) is 0 Å². The van der Waals surface area contributed by atoms with Gasteiger partial charge < -0.3 is 0 Å². The maximum Gasteiger partial charge on any atom is 0.0684 e. The summed E-state index contributed by atoms with van der Waals surface area (Å²) in [6.45, 7) is 2.64. The number of hydrogen-bond acceptors (Lipinski definition) is 2. The minimum absolute atomic E-state index is 0.356. The van der Waals surface area contributed by atoms with Gasteiger partial charge in [-0.15, -0.1) is 0 Å². The minimum atomic E-state index is 0.356. The Bertz CT molecular complexity index is 429. The summed E-state index contributed by atoms with van der Waals surface area (Å²) in [7, 11) is 0. The fraction of sp³-hybridized carbons (Fsp3) is 0.643. The Kier molecular flexibility index (Phi) is 4.59. The molecule has 0 radical (unpaired) electrons. The van der Waals surface area contributed by atoms with Gasteiger partial charge in [-0.3, -0.25) is 4.98 Å². The Morgan fingerprint density at radius 2 is 2.11 bits per heavy atom. The zero-order valence-corrected chi connectivity index (χ0v) is 10.9. The Balaban J connectivity index is 2.02. The number of aromatic nitrogens is 1. The lowest BCUT2D eigenvalue weighted by atomic mass is 9.79. The molecule has 1 aliphatic rings. The molecule has 0 aliphatic heterocycles. The molecule has 18 heavy (non-hydrogen) atoms. The average molecular weight is 244 g/mol. The predicted molar refractivity (Wildman–Crippen MR) is 72.1 cm³/mol. The van der Waals surface area contributed by atoms with Crippen molar-refractivity contribution in [1.82, 2.24) is 4.98 Å². The second-order valence-electron chi connectivity index (χ2n) is 5.07. The summed E-state index contributed by atoms with van der Waals surface area (Å²) in [5, 5.41) is 3.57. The van der Waals surface area contributed by atoms with Crippen LogP contribution in [-0.2, 0) is 6.54 Å². The summed E-state index contributed by atoms with van der Waals surface area (Å²) >= 11 is 0. The van der Waals surface area contributed by atoms with Crippen LogP contribution < -0.4 is 0 Å². The molecule has 0 bridgehead atoms. The zero-order valence-electron chi connectivity index (χ0n) is 10.9. The lowest BCUT2D eigenvalue weighted by Crippen LogP contribution is -2.14. The molecule has 4 heteroatoms. The highest BCUT2D eigenvalue weighted by Gasteiger charge is 2.22. The first kappa shape index (κ1) is 12.9. The number of azide groups is 1. The summed E-state index contributed by atoms with van der Waals surface area (Å²) in [6, 6.07) is 6.06. The summed E-state index contributed by atoms with van der Waals surface area (Å²) in [6.07, 6.45) is 6.44. The molecule has 1 aromatic rings. The fourth-order valence-corrected chi connectivity index (χ4v) is 2.78. The van der Waals surface area contributed by atoms with E-state index in [1.54, 1.807) is 0 Å². The fourth-order valence-electron chi connectivity index (χ4n) is 2.78. The number of rotatable bonds is 4. The summed E-state index contributed by atoms with van der Waals surface area (Å²) in [4.78, 5) is 7.40. The topological polar surface area (TPSA) is 61.7 Å². The second-order valence-corrected chi connectivity index (χ2v) is 5.07. The van der Waals surface area contributed by atoms with E-state index in [2.05, 4.69) is 28.0 Å². The lowest BCUT2D eigenvalue weighted by molar-refractivity contribution is 0.315. The van der Waals surface area contributed by atoms with Crippen molar-refractivity contribution in [2.45, 2.75) is 51.5 Å². The molecule has 0 atom stereocenters. The van der Waals surface area contributed by atoms with E-state index in [1.165, 1.54) is 37.8 Å². The molecule has 96 valence electrons. The molecule has 0 amide bonds. The number of pyridine rings is 1. The summed E-state index contributed by atoms with van der Waals surface area (Å²) in [5.41, 5.74) is 10.4. The van der Waals surface area contributed by atoms with E-state index in [4.69, 9.17) is 5.53 Å². The van der Waals surface area contributed by atoms with Gasteiger partial charge in [0, 0.05) is 22.2 Å². The maximum absolute atomic E-state index is 8.33. The number of hydrogen-bond donors (Lipinski definition) is 0. The van der Waals surface area contributed by atoms with Crippen molar-refractivity contribution in [2.24, 2.45) is 11.0 Å². The highest BCUT2D eigenvalue weighted by Crippen LogP contribution is 2.36. The van der Waals surface area contributed by atoms with E-state index in [0.717, 1.165) is 11.6 Å². The minimum Gasteiger partial charge on any atom is -0.257 e. The van der Waals surface area contributed by atoms with Crippen LogP contribution in [0.1, 0.15) is 56.3 Å². The molecule has 2 rings (SSSR count). The first-order valence-electron chi connectivity index (χ1n) is 6.80. The van der Waals surface area contributed by atoms with E-state index in [9.17, 15) is 0 Å². The molecular formula is C14H20N4. The van der Waals surface area contributed by atoms with Crippen LogP contribution in [0.4, 0.5) is 0 Å². The molecule has 4 nitrogen and oxygen atoms in total. The van der Waals surface area contributed by atoms with Crippen molar-refractivity contribution in [1.29, 1.82) is 0 Å². The largest absolute Gasteiger partial charge is 0.257 e. The molecule has 1 fully saturated rings. The van der Waals surface area contributed by atoms with Gasteiger partial charge in [0.15, 0.2) is 0 Å². The zero-order chi connectivity index (χ0) is 12.8. The smallest absolute Gasteiger partial charge is 0.0684 e. The van der Waals surface area contributed by atoms with Crippen molar-refractivity contribution in [3.63, 3.8) is 0 Å². The van der Waals surface area contributed by atoms with E-state index < -0.39 is 0 Å². The van der Waals surface area contributed by atoms with Crippen LogP contribution in [0, 0.1) is 5.92 Å². The van der Waals surface area contributed by atoms with Gasteiger partial charge >= 0.3 is 0 Å². The van der Waals surface area contributed by atoms with Crippen molar-refractivity contribution in [3.8, 4) is 0 Å². The molecule has 1 aliphatic carbocycles. The molecule has 1 heterocycles. The lowest BCUT2D eigenvalue weighted by Gasteiger charge is -2.27. The molecule has 0 unspecified atom stereocenters. The van der Waals surface area contributed by atoms with Gasteiger partial charge in [-0.2, -0.15) is 0 Å². The van der Waals surface area contributed by atoms with Gasteiger partial charge in [0.05, 0.1) is 6.54 Å². The third kappa shape index (κ3) is 3.23. The van der Waals surface area contributed by atoms with Gasteiger partial charge in [0.25, 0.3) is 0 Å². The van der Waals surface area contributed by atoms with Crippen molar-refractivity contribution < 1.29 is 0 Å². The SMILES string of the molecule is CCC1CCC(c2cccc(CN=[N+]=[N-])n2)CC1. The maximum atomic E-state index is 8.33. The van der Waals surface area contributed by atoms with Gasteiger partial charge in [-0.05, 0) is 49.3 Å². The van der Waals surface area contributed by atoms with E-state index in [0.29, 0.717) is 12.5 Å². The van der Waals surface area contributed by atoms with E-state index in [1.807, 2.05) is 12.1 Å². The first-order valence-corrected chi connectivity index (χ1v) is 6.80. The van der Waals surface area contributed by atoms with Gasteiger partial charge in [-0.25, -0.2) is 0 Å². The van der Waals surface area contributed by atoms with Crippen LogP contribution in [0.3, 0.4) is 0 Å². The molecule has 1 aromatic heterocycles. The number of nitrogens with zero attached hydrogens (tertiary/aromatic N) is 4. The Hall–Kier alpha value is -1.54. The van der Waals surface area contributed by atoms with Crippen molar-refractivity contribution in [2.75, 3.05) is 0 Å². The van der Waals surface area contributed by atoms with Crippen molar-refractivity contribution in [3.05, 3.63) is 40.0 Å². The summed E-state index contributed by atoms with van der Waals surface area (Å²) < 4.78 is 0. The standard InChI is InChI=1S/C14H20N4/c1-2-11-6-8-12(9-7-11)14-5-3-4-13(17-14)10-16-18-15/h3-5,11-12H,2,6-10H2,1H3. The monoisotopic (exact) mass is 244 g/mol. The van der Waals surface area contributed by atoms with Crippen molar-refractivity contribution >= 4 is 0 Å². The Labute approximate surface area is 108 Å². The van der Waals surface area contributed by atoms with Crippen LogP contribution >= 0.6 is 0 Å². The van der Waals surface area contributed by atoms with Crippen LogP contribution in [0.25, 0.3) is 10.4 Å². The van der Waals surface area contributed by atoms with E-state index >= 15 is 0 Å². The van der Waals surface area contributed by atoms with Gasteiger partial charge in [0.2, 0.25) is 0 Å². The molecule has 1 saturated carbocycles. The quantitative estimate of drug-likeness (QED) is 0.434. The molecule has 0 aromatic carbocycles. The third-order valence-electron chi connectivity index (χ3n) is 3.97. The Morgan fingerprint density at radius 3 is 2.78 bits per heavy atom. The van der Waals surface area contributed by atoms with E-state index in [-0.39, 0.29) is 0 Å². The third-order valence-corrected chi connectivity index (χ3v) is 3.97.